The average molecular weight is 411 g/mol. The summed E-state index contributed by atoms with van der Waals surface area (Å²) in [6.45, 7) is 3.44. The molecule has 6 nitrogen and oxygen atoms in total. The van der Waals surface area contributed by atoms with Crippen LogP contribution in [0.1, 0.15) is 24.0 Å². The van der Waals surface area contributed by atoms with Crippen LogP contribution in [-0.4, -0.2) is 53.0 Å². The zero-order valence-corrected chi connectivity index (χ0v) is 17.0. The summed E-state index contributed by atoms with van der Waals surface area (Å²) in [4.78, 5) is 10.8. The number of carbonyl (C=O) groups is 1. The molecule has 3 saturated heterocycles. The first-order chi connectivity index (χ1) is 14.7. The highest BCUT2D eigenvalue weighted by Crippen LogP contribution is 2.54. The Morgan fingerprint density at radius 2 is 1.90 bits per heavy atom. The van der Waals surface area contributed by atoms with Crippen LogP contribution in [0.4, 0.5) is 0 Å². The number of carboxylic acid groups (broad SMARTS) is 1. The van der Waals surface area contributed by atoms with Crippen LogP contribution in [0.25, 0.3) is 0 Å². The van der Waals surface area contributed by atoms with Crippen LogP contribution in [0.5, 0.6) is 5.75 Å². The van der Waals surface area contributed by atoms with Gasteiger partial charge in [-0.1, -0.05) is 48.5 Å². The Labute approximate surface area is 177 Å². The largest absolute Gasteiger partial charge is 0.489 e. The van der Waals surface area contributed by atoms with E-state index in [1.54, 1.807) is 0 Å². The lowest BCUT2D eigenvalue weighted by atomic mass is 9.74. The van der Waals surface area contributed by atoms with E-state index in [-0.39, 0.29) is 24.8 Å². The minimum absolute atomic E-state index is 0.0160. The van der Waals surface area contributed by atoms with Crippen molar-refractivity contribution in [3.63, 3.8) is 0 Å². The molecule has 3 fully saturated rings. The summed E-state index contributed by atoms with van der Waals surface area (Å²) in [5.74, 6) is 1.74. The van der Waals surface area contributed by atoms with Gasteiger partial charge in [0, 0.05) is 43.6 Å². The van der Waals surface area contributed by atoms with Crippen molar-refractivity contribution in [2.45, 2.75) is 37.7 Å². The van der Waals surface area contributed by atoms with E-state index in [2.05, 4.69) is 35.2 Å². The maximum absolute atomic E-state index is 9.81. The maximum Gasteiger partial charge on any atom is 0.290 e. The molecular formula is C24H29NO5. The smallest absolute Gasteiger partial charge is 0.290 e. The molecule has 4 atom stereocenters. The first-order valence-electron chi connectivity index (χ1n) is 10.5. The third-order valence-corrected chi connectivity index (χ3v) is 6.67. The number of hydrogen-bond donors (Lipinski definition) is 2. The number of para-hydroxylation sites is 1. The third-order valence-electron chi connectivity index (χ3n) is 6.67. The zero-order chi connectivity index (χ0) is 21.0. The second kappa shape index (κ2) is 9.16. The monoisotopic (exact) mass is 411 g/mol. The number of hydrogen-bond acceptors (Lipinski definition) is 5. The molecule has 30 heavy (non-hydrogen) atoms. The quantitative estimate of drug-likeness (QED) is 0.712. The van der Waals surface area contributed by atoms with E-state index in [0.717, 1.165) is 38.2 Å². The molecule has 2 bridgehead atoms. The van der Waals surface area contributed by atoms with E-state index < -0.39 is 0 Å². The van der Waals surface area contributed by atoms with E-state index >= 15 is 0 Å². The van der Waals surface area contributed by atoms with Gasteiger partial charge in [-0.3, -0.25) is 9.69 Å². The lowest BCUT2D eigenvalue weighted by molar-refractivity contribution is -0.122. The van der Waals surface area contributed by atoms with Gasteiger partial charge in [-0.25, -0.2) is 0 Å². The van der Waals surface area contributed by atoms with Gasteiger partial charge in [0.25, 0.3) is 6.47 Å². The van der Waals surface area contributed by atoms with E-state index in [4.69, 9.17) is 19.4 Å². The fourth-order valence-corrected chi connectivity index (χ4v) is 5.40. The fraction of sp³-hybridized carbons (Fsp3) is 0.458. The van der Waals surface area contributed by atoms with Gasteiger partial charge >= 0.3 is 0 Å². The highest BCUT2D eigenvalue weighted by Gasteiger charge is 2.62. The first-order valence-corrected chi connectivity index (χ1v) is 10.5. The molecule has 1 spiro atoms. The van der Waals surface area contributed by atoms with Gasteiger partial charge in [0.1, 0.15) is 12.4 Å². The van der Waals surface area contributed by atoms with Crippen LogP contribution < -0.4 is 4.74 Å². The van der Waals surface area contributed by atoms with Gasteiger partial charge in [0.2, 0.25) is 0 Å². The summed E-state index contributed by atoms with van der Waals surface area (Å²) in [6, 6.07) is 18.6. The van der Waals surface area contributed by atoms with Gasteiger partial charge in [-0.2, -0.15) is 0 Å². The Balaban J connectivity index is 0.000000687. The van der Waals surface area contributed by atoms with Crippen molar-refractivity contribution in [3.05, 3.63) is 65.7 Å². The highest BCUT2D eigenvalue weighted by atomic mass is 16.5. The van der Waals surface area contributed by atoms with Crippen molar-refractivity contribution in [2.24, 2.45) is 11.8 Å². The summed E-state index contributed by atoms with van der Waals surface area (Å²) in [5, 5.41) is 16.7. The Bertz CT molecular complexity index is 844. The lowest BCUT2D eigenvalue weighted by Gasteiger charge is -2.28. The summed E-state index contributed by atoms with van der Waals surface area (Å²) in [5.41, 5.74) is 2.38. The molecule has 2 aromatic carbocycles. The minimum atomic E-state index is -0.250. The predicted molar refractivity (Wildman–Crippen MR) is 112 cm³/mol. The standard InChI is InChI=1S/C23H27NO3.CH2O2/c25-14-19-20-13-24(16-23(20)11-10-22(19)27-23)12-18-8-4-5-9-21(18)26-15-17-6-2-1-3-7-17;2-1-3/h1-9,19-20,22,25H,10-16H2;1H,(H,2,3)/t19-,20+,22+,23+;/m0./s1. The minimum Gasteiger partial charge on any atom is -0.489 e. The summed E-state index contributed by atoms with van der Waals surface area (Å²) >= 11 is 0. The summed E-state index contributed by atoms with van der Waals surface area (Å²) in [7, 11) is 0. The summed E-state index contributed by atoms with van der Waals surface area (Å²) in [6.07, 6.45) is 2.53. The Hall–Kier alpha value is -2.41. The molecular weight excluding hydrogens is 382 g/mol. The van der Waals surface area contributed by atoms with Gasteiger partial charge in [0.15, 0.2) is 0 Å². The highest BCUT2D eigenvalue weighted by molar-refractivity contribution is 5.34. The van der Waals surface area contributed by atoms with Gasteiger partial charge < -0.3 is 19.7 Å². The Kier molecular flexibility index (Phi) is 6.37. The zero-order valence-electron chi connectivity index (χ0n) is 17.0. The van der Waals surface area contributed by atoms with Gasteiger partial charge in [-0.15, -0.1) is 0 Å². The lowest BCUT2D eigenvalue weighted by Crippen LogP contribution is -2.37. The van der Waals surface area contributed by atoms with Crippen LogP contribution >= 0.6 is 0 Å². The Morgan fingerprint density at radius 3 is 2.67 bits per heavy atom. The van der Waals surface area contributed by atoms with Gasteiger partial charge in [0.05, 0.1) is 11.7 Å². The van der Waals surface area contributed by atoms with Crippen molar-refractivity contribution in [1.82, 2.24) is 4.90 Å². The molecule has 160 valence electrons. The molecule has 0 amide bonds. The molecule has 0 radical (unpaired) electrons. The average Bonchev–Trinajstić information content (AvgIpc) is 3.42. The molecule has 0 saturated carbocycles. The number of benzene rings is 2. The molecule has 2 aromatic rings. The van der Waals surface area contributed by atoms with Crippen LogP contribution in [0, 0.1) is 11.8 Å². The molecule has 3 aliphatic rings. The molecule has 0 unspecified atom stereocenters. The Morgan fingerprint density at radius 1 is 1.17 bits per heavy atom. The molecule has 0 aromatic heterocycles. The normalized spacial score (nSPS) is 29.2. The van der Waals surface area contributed by atoms with Crippen LogP contribution in [-0.2, 0) is 22.7 Å². The van der Waals surface area contributed by atoms with Crippen molar-refractivity contribution < 1.29 is 24.5 Å². The number of ether oxygens (including phenoxy) is 2. The van der Waals surface area contributed by atoms with Gasteiger partial charge in [-0.05, 0) is 24.5 Å². The van der Waals surface area contributed by atoms with E-state index in [9.17, 15) is 5.11 Å². The van der Waals surface area contributed by atoms with E-state index in [1.807, 2.05) is 24.3 Å². The second-order valence-corrected chi connectivity index (χ2v) is 8.37. The molecule has 5 rings (SSSR count). The van der Waals surface area contributed by atoms with E-state index in [0.29, 0.717) is 18.4 Å². The third kappa shape index (κ3) is 4.08. The number of nitrogens with zero attached hydrogens (tertiary/aromatic N) is 1. The molecule has 2 N–H and O–H groups in total. The van der Waals surface area contributed by atoms with Crippen molar-refractivity contribution >= 4 is 6.47 Å². The van der Waals surface area contributed by atoms with Crippen LogP contribution in [0.15, 0.2) is 54.6 Å². The number of likely N-dealkylation sites (tertiary alicyclic amines) is 1. The molecule has 6 heteroatoms. The van der Waals surface area contributed by atoms with Crippen molar-refractivity contribution in [3.8, 4) is 5.75 Å². The van der Waals surface area contributed by atoms with Crippen LogP contribution in [0.3, 0.4) is 0 Å². The topological polar surface area (TPSA) is 79.2 Å². The van der Waals surface area contributed by atoms with Crippen molar-refractivity contribution in [2.75, 3.05) is 19.7 Å². The second-order valence-electron chi connectivity index (χ2n) is 8.37. The van der Waals surface area contributed by atoms with Crippen LogP contribution in [0.2, 0.25) is 0 Å². The summed E-state index contributed by atoms with van der Waals surface area (Å²) < 4.78 is 12.5. The number of aliphatic hydroxyl groups excluding tert-OH is 1. The molecule has 3 heterocycles. The van der Waals surface area contributed by atoms with Crippen molar-refractivity contribution in [1.29, 1.82) is 0 Å². The fourth-order valence-electron chi connectivity index (χ4n) is 5.40. The number of fused-ring (bicyclic) bond motifs is 1. The SMILES string of the molecule is O=CO.OC[C@H]1[C@H]2CN(Cc3ccccc3OCc3ccccc3)C[C@]23CC[C@H]1O3. The van der Waals surface area contributed by atoms with E-state index in [1.165, 1.54) is 11.1 Å². The maximum atomic E-state index is 9.81. The number of rotatable bonds is 6. The first kappa shape index (κ1) is 20.8. The molecule has 3 aliphatic heterocycles. The predicted octanol–water partition coefficient (Wildman–Crippen LogP) is 2.94. The molecule has 0 aliphatic carbocycles. The number of aliphatic hydroxyl groups is 1.